The average molecular weight is 185 g/mol. The normalized spacial score (nSPS) is 10.9. The van der Waals surface area contributed by atoms with Gasteiger partial charge in [0, 0.05) is 8.07 Å². The summed E-state index contributed by atoms with van der Waals surface area (Å²) in [4.78, 5) is 13.3. The molecule has 0 aliphatic heterocycles. The van der Waals surface area contributed by atoms with Crippen LogP contribution in [-0.4, -0.2) is 20.7 Å². The van der Waals surface area contributed by atoms with Crippen LogP contribution in [-0.2, 0) is 4.79 Å². The Morgan fingerprint density at radius 1 is 1.33 bits per heavy atom. The van der Waals surface area contributed by atoms with Crippen LogP contribution in [0.15, 0.2) is 4.99 Å². The topological polar surface area (TPSA) is 29.4 Å². The molecule has 0 N–H and O–H groups in total. The highest BCUT2D eigenvalue weighted by Gasteiger charge is 2.17. The average Bonchev–Trinajstić information content (AvgIpc) is 1.98. The molecular weight excluding hydrogens is 166 g/mol. The molecule has 12 heavy (non-hydrogen) atoms. The van der Waals surface area contributed by atoms with Gasteiger partial charge in [-0.15, -0.1) is 0 Å². The van der Waals surface area contributed by atoms with Crippen molar-refractivity contribution in [1.29, 1.82) is 0 Å². The minimum Gasteiger partial charge on any atom is -0.211 e. The maximum absolute atomic E-state index is 9.77. The van der Waals surface area contributed by atoms with Gasteiger partial charge in [-0.25, -0.2) is 9.79 Å². The zero-order chi connectivity index (χ0) is 9.45. The van der Waals surface area contributed by atoms with Gasteiger partial charge in [-0.2, -0.15) is 0 Å². The van der Waals surface area contributed by atoms with Crippen LogP contribution in [0.2, 0.25) is 25.2 Å². The zero-order valence-electron chi connectivity index (χ0n) is 8.39. The summed E-state index contributed by atoms with van der Waals surface area (Å²) in [5, 5.41) is 0. The first kappa shape index (κ1) is 11.6. The van der Waals surface area contributed by atoms with E-state index < -0.39 is 8.07 Å². The van der Waals surface area contributed by atoms with Gasteiger partial charge < -0.3 is 0 Å². The number of isocyanates is 1. The van der Waals surface area contributed by atoms with Gasteiger partial charge in [0.1, 0.15) is 0 Å². The smallest absolute Gasteiger partial charge is 0.211 e. The van der Waals surface area contributed by atoms with Crippen LogP contribution in [0.5, 0.6) is 0 Å². The molecule has 0 rings (SSSR count). The number of hydrogen-bond acceptors (Lipinski definition) is 2. The fourth-order valence-electron chi connectivity index (χ4n) is 1.48. The SMILES string of the molecule is CCC[Si](C)(C)CCCN=C=O. The van der Waals surface area contributed by atoms with Crippen LogP contribution in [0.4, 0.5) is 0 Å². The maximum atomic E-state index is 9.77. The molecule has 2 nitrogen and oxygen atoms in total. The summed E-state index contributed by atoms with van der Waals surface area (Å²) < 4.78 is 0. The Bertz CT molecular complexity index is 162. The molecule has 0 bridgehead atoms. The lowest BCUT2D eigenvalue weighted by Gasteiger charge is -2.20. The molecule has 0 saturated carbocycles. The zero-order valence-corrected chi connectivity index (χ0v) is 9.39. The summed E-state index contributed by atoms with van der Waals surface area (Å²) in [7, 11) is -0.943. The fourth-order valence-corrected chi connectivity index (χ4v) is 4.20. The highest BCUT2D eigenvalue weighted by Crippen LogP contribution is 2.18. The lowest BCUT2D eigenvalue weighted by molar-refractivity contribution is 0.562. The van der Waals surface area contributed by atoms with Gasteiger partial charge in [0.2, 0.25) is 6.08 Å². The van der Waals surface area contributed by atoms with E-state index in [1.807, 2.05) is 0 Å². The molecule has 3 heteroatoms. The Kier molecular flexibility index (Phi) is 5.94. The molecule has 0 aromatic carbocycles. The van der Waals surface area contributed by atoms with Crippen LogP contribution in [0.3, 0.4) is 0 Å². The van der Waals surface area contributed by atoms with Crippen LogP contribution in [0, 0.1) is 0 Å². The number of rotatable bonds is 6. The summed E-state index contributed by atoms with van der Waals surface area (Å²) in [6, 6.07) is 2.67. The van der Waals surface area contributed by atoms with Gasteiger partial charge in [-0.3, -0.25) is 0 Å². The molecule has 0 heterocycles. The molecule has 0 aliphatic rings. The highest BCUT2D eigenvalue weighted by molar-refractivity contribution is 6.77. The largest absolute Gasteiger partial charge is 0.234 e. The van der Waals surface area contributed by atoms with E-state index in [0.717, 1.165) is 6.42 Å². The van der Waals surface area contributed by atoms with Crippen molar-refractivity contribution in [3.8, 4) is 0 Å². The number of nitrogens with zero attached hydrogens (tertiary/aromatic N) is 1. The molecule has 70 valence electrons. The van der Waals surface area contributed by atoms with E-state index in [2.05, 4.69) is 25.0 Å². The fraction of sp³-hybridized carbons (Fsp3) is 0.889. The molecule has 0 fully saturated rings. The summed E-state index contributed by atoms with van der Waals surface area (Å²) in [6.45, 7) is 7.71. The van der Waals surface area contributed by atoms with Gasteiger partial charge in [0.15, 0.2) is 0 Å². The van der Waals surface area contributed by atoms with Crippen molar-refractivity contribution < 1.29 is 4.79 Å². The Hall–Kier alpha value is -0.403. The lowest BCUT2D eigenvalue weighted by atomic mass is 10.5. The second-order valence-corrected chi connectivity index (χ2v) is 9.32. The van der Waals surface area contributed by atoms with Gasteiger partial charge in [0.05, 0.1) is 6.54 Å². The van der Waals surface area contributed by atoms with Gasteiger partial charge in [0.25, 0.3) is 0 Å². The lowest BCUT2D eigenvalue weighted by Crippen LogP contribution is -2.24. The van der Waals surface area contributed by atoms with Crippen LogP contribution >= 0.6 is 0 Å². The molecular formula is C9H19NOSi. The first-order chi connectivity index (χ1) is 5.62. The maximum Gasteiger partial charge on any atom is 0.234 e. The molecule has 0 spiro atoms. The summed E-state index contributed by atoms with van der Waals surface area (Å²) >= 11 is 0. The van der Waals surface area contributed by atoms with E-state index in [1.165, 1.54) is 18.5 Å². The van der Waals surface area contributed by atoms with E-state index in [4.69, 9.17) is 0 Å². The van der Waals surface area contributed by atoms with Crippen molar-refractivity contribution in [2.24, 2.45) is 4.99 Å². The van der Waals surface area contributed by atoms with Crippen LogP contribution < -0.4 is 0 Å². The first-order valence-corrected chi connectivity index (χ1v) is 8.07. The highest BCUT2D eigenvalue weighted by atomic mass is 28.3. The van der Waals surface area contributed by atoms with Crippen molar-refractivity contribution >= 4 is 14.2 Å². The number of hydrogen-bond donors (Lipinski definition) is 0. The third-order valence-electron chi connectivity index (χ3n) is 2.11. The second-order valence-electron chi connectivity index (χ2n) is 3.99. The Labute approximate surface area is 76.1 Å². The van der Waals surface area contributed by atoms with Crippen LogP contribution in [0.25, 0.3) is 0 Å². The minimum absolute atomic E-state index is 0.670. The van der Waals surface area contributed by atoms with Crippen LogP contribution in [0.1, 0.15) is 19.8 Å². The van der Waals surface area contributed by atoms with E-state index >= 15 is 0 Å². The second kappa shape index (κ2) is 6.15. The van der Waals surface area contributed by atoms with Gasteiger partial charge >= 0.3 is 0 Å². The quantitative estimate of drug-likeness (QED) is 0.271. The number of aliphatic imine (C=N–C) groups is 1. The number of carbonyl (C=O) groups excluding carboxylic acids is 1. The Morgan fingerprint density at radius 3 is 2.50 bits per heavy atom. The molecule has 0 unspecified atom stereocenters. The summed E-state index contributed by atoms with van der Waals surface area (Å²) in [5.41, 5.74) is 0. The van der Waals surface area contributed by atoms with Crippen molar-refractivity contribution in [3.63, 3.8) is 0 Å². The first-order valence-electron chi connectivity index (χ1n) is 4.66. The van der Waals surface area contributed by atoms with E-state index in [1.54, 1.807) is 6.08 Å². The Morgan fingerprint density at radius 2 is 2.00 bits per heavy atom. The van der Waals surface area contributed by atoms with Crippen molar-refractivity contribution in [3.05, 3.63) is 0 Å². The minimum atomic E-state index is -0.943. The molecule has 0 aromatic rings. The molecule has 0 saturated heterocycles. The van der Waals surface area contributed by atoms with Crippen molar-refractivity contribution in [2.75, 3.05) is 6.54 Å². The van der Waals surface area contributed by atoms with Crippen molar-refractivity contribution in [1.82, 2.24) is 0 Å². The molecule has 0 aromatic heterocycles. The standard InChI is InChI=1S/C9H19NOSi/c1-4-7-12(2,3)8-5-6-10-9-11/h4-8H2,1-3H3. The van der Waals surface area contributed by atoms with Crippen molar-refractivity contribution in [2.45, 2.75) is 44.9 Å². The third-order valence-corrected chi connectivity index (χ3v) is 5.68. The molecule has 0 aliphatic carbocycles. The monoisotopic (exact) mass is 185 g/mol. The molecule has 0 radical (unpaired) electrons. The third kappa shape index (κ3) is 6.32. The molecule has 0 amide bonds. The Balaban J connectivity index is 3.52. The van der Waals surface area contributed by atoms with E-state index in [0.29, 0.717) is 6.54 Å². The van der Waals surface area contributed by atoms with Gasteiger partial charge in [-0.1, -0.05) is 38.5 Å². The predicted octanol–water partition coefficient (Wildman–Crippen LogP) is 2.83. The van der Waals surface area contributed by atoms with Gasteiger partial charge in [-0.05, 0) is 6.42 Å². The summed E-state index contributed by atoms with van der Waals surface area (Å²) in [5.74, 6) is 0. The molecule has 0 atom stereocenters. The predicted molar refractivity (Wildman–Crippen MR) is 55.0 cm³/mol. The van der Waals surface area contributed by atoms with E-state index in [9.17, 15) is 4.79 Å². The summed E-state index contributed by atoms with van der Waals surface area (Å²) in [6.07, 6.45) is 3.93. The van der Waals surface area contributed by atoms with E-state index in [-0.39, 0.29) is 0 Å².